The maximum absolute atomic E-state index is 9.15. The van der Waals surface area contributed by atoms with Gasteiger partial charge < -0.3 is 10.6 Å². The van der Waals surface area contributed by atoms with Gasteiger partial charge in [0.05, 0.1) is 88.1 Å². The van der Waals surface area contributed by atoms with Crippen LogP contribution in [0.2, 0.25) is 0 Å². The van der Waals surface area contributed by atoms with Crippen LogP contribution in [0.1, 0.15) is 28.8 Å². The van der Waals surface area contributed by atoms with Gasteiger partial charge in [0.1, 0.15) is 17.4 Å². The Balaban J connectivity index is 2.08. The molecule has 1 aliphatic carbocycles. The lowest BCUT2D eigenvalue weighted by molar-refractivity contribution is 0.685. The summed E-state index contributed by atoms with van der Waals surface area (Å²) < 4.78 is 0. The Hall–Kier alpha value is -7.12. The average molecular weight is 545 g/mol. The van der Waals surface area contributed by atoms with Crippen molar-refractivity contribution in [1.82, 2.24) is 20.6 Å². The van der Waals surface area contributed by atoms with E-state index >= 15 is 0 Å². The molecule has 3 aliphatic rings. The van der Waals surface area contributed by atoms with E-state index in [0.29, 0.717) is 57.0 Å². The normalized spacial score (nSPS) is 19.2. The molecule has 196 valence electrons. The van der Waals surface area contributed by atoms with Gasteiger partial charge in [-0.2, -0.15) is 31.6 Å². The molecule has 1 aromatic heterocycles. The molecular formula is C30H16N12. The van der Waals surface area contributed by atoms with Gasteiger partial charge >= 0.3 is 0 Å². The van der Waals surface area contributed by atoms with Crippen molar-refractivity contribution < 1.29 is 0 Å². The number of hydrogen-bond donors (Lipinski definition) is 2. The van der Waals surface area contributed by atoms with Crippen molar-refractivity contribution in [2.24, 2.45) is 9.98 Å². The quantitative estimate of drug-likeness (QED) is 0.498. The van der Waals surface area contributed by atoms with Gasteiger partial charge in [-0.25, -0.2) is 20.0 Å². The van der Waals surface area contributed by atoms with Crippen molar-refractivity contribution in [2.75, 3.05) is 0 Å². The number of nitrogens with zero attached hydrogens (tertiary/aromatic N) is 10. The molecule has 0 fully saturated rings. The van der Waals surface area contributed by atoms with E-state index in [1.165, 1.54) is 66.8 Å². The van der Waals surface area contributed by atoms with E-state index in [1.54, 1.807) is 6.08 Å². The van der Waals surface area contributed by atoms with E-state index in [0.717, 1.165) is 0 Å². The molecule has 12 nitrogen and oxygen atoms in total. The second kappa shape index (κ2) is 13.1. The molecule has 0 saturated carbocycles. The van der Waals surface area contributed by atoms with Gasteiger partial charge in [-0.1, -0.05) is 0 Å². The van der Waals surface area contributed by atoms with Crippen molar-refractivity contribution in [1.29, 1.82) is 31.6 Å². The monoisotopic (exact) mass is 544 g/mol. The molecule has 4 rings (SSSR count). The summed E-state index contributed by atoms with van der Waals surface area (Å²) in [5, 5.41) is 61.5. The molecule has 0 aromatic carbocycles. The predicted molar refractivity (Wildman–Crippen MR) is 152 cm³/mol. The number of nitriles is 6. The minimum atomic E-state index is -0.716. The van der Waals surface area contributed by atoms with E-state index < -0.39 is 12.1 Å². The molecule has 2 unspecified atom stereocenters. The summed E-state index contributed by atoms with van der Waals surface area (Å²) in [7, 11) is 0. The second-order valence-corrected chi connectivity index (χ2v) is 8.28. The van der Waals surface area contributed by atoms with Crippen LogP contribution in [0, 0.1) is 68.0 Å². The molecule has 0 bridgehead atoms. The Labute approximate surface area is 240 Å². The Morgan fingerprint density at radius 1 is 0.619 bits per heavy atom. The Morgan fingerprint density at radius 2 is 1.21 bits per heavy atom. The summed E-state index contributed by atoms with van der Waals surface area (Å²) in [6.07, 6.45) is 16.6. The number of nitrogens with one attached hydrogen (secondary N) is 2. The standard InChI is InChI=1S/C30H16N12/c31-13-1-7-19-20(8-2-14-32)38-26-25(37-19)27-29(41-22(10-4-16-34)21(39-27)9-3-15-33)30-28(26)40-23(11-5-17-35)24(42-30)12-6-18-36/h1-12,19,29,37,41H/b7-1+,8-2+,9-3+,10-4+,11-5+,12-6+. The van der Waals surface area contributed by atoms with E-state index in [1.807, 2.05) is 36.4 Å². The summed E-state index contributed by atoms with van der Waals surface area (Å²) in [4.78, 5) is 19.2. The molecule has 0 spiro atoms. The van der Waals surface area contributed by atoms with Crippen LogP contribution in [0.5, 0.6) is 0 Å². The van der Waals surface area contributed by atoms with Gasteiger partial charge in [0.25, 0.3) is 0 Å². The number of hydrogen-bond acceptors (Lipinski definition) is 12. The number of fused-ring (bicyclic) bond motifs is 5. The van der Waals surface area contributed by atoms with Crippen molar-refractivity contribution in [3.63, 3.8) is 0 Å². The zero-order valence-corrected chi connectivity index (χ0v) is 21.6. The van der Waals surface area contributed by atoms with E-state index in [9.17, 15) is 0 Å². The summed E-state index contributed by atoms with van der Waals surface area (Å²) in [6.45, 7) is 0. The smallest absolute Gasteiger partial charge is 0.116 e. The Morgan fingerprint density at radius 3 is 1.88 bits per heavy atom. The molecular weight excluding hydrogens is 528 g/mol. The second-order valence-electron chi connectivity index (χ2n) is 8.28. The SMILES string of the molecule is N#C/C=C/C1=NC2=C(NC1/C=C/C#N)C1=NC(/C=C/C#N)=C(/C=C/C#N)NC1c1nc(/C=C/C#N)c(/C=C/C#N)nc12. The maximum Gasteiger partial charge on any atom is 0.116 e. The van der Waals surface area contributed by atoms with Gasteiger partial charge in [-0.05, 0) is 36.5 Å². The highest BCUT2D eigenvalue weighted by atomic mass is 15.1. The van der Waals surface area contributed by atoms with Gasteiger partial charge in [0.2, 0.25) is 0 Å². The molecule has 1 aromatic rings. The van der Waals surface area contributed by atoms with Crippen LogP contribution in [-0.4, -0.2) is 27.4 Å². The zero-order valence-electron chi connectivity index (χ0n) is 21.6. The van der Waals surface area contributed by atoms with Crippen molar-refractivity contribution in [3.05, 3.63) is 101 Å². The fraction of sp³-hybridized carbons (Fsp3) is 0.0667. The topological polar surface area (TPSA) is 217 Å². The first-order valence-corrected chi connectivity index (χ1v) is 12.1. The van der Waals surface area contributed by atoms with Crippen LogP contribution in [0.25, 0.3) is 17.8 Å². The number of allylic oxidation sites excluding steroid dienone is 8. The summed E-state index contributed by atoms with van der Waals surface area (Å²) >= 11 is 0. The summed E-state index contributed by atoms with van der Waals surface area (Å²) in [5.41, 5.74) is 3.81. The van der Waals surface area contributed by atoms with E-state index in [4.69, 9.17) is 51.5 Å². The molecule has 0 radical (unpaired) electrons. The van der Waals surface area contributed by atoms with Crippen LogP contribution < -0.4 is 10.6 Å². The molecule has 2 aliphatic heterocycles. The number of aliphatic imine (C=N–C) groups is 2. The molecule has 3 heterocycles. The van der Waals surface area contributed by atoms with Gasteiger partial charge in [0, 0.05) is 36.5 Å². The molecule has 12 heteroatoms. The van der Waals surface area contributed by atoms with Crippen LogP contribution >= 0.6 is 0 Å². The number of aromatic nitrogens is 2. The largest absolute Gasteiger partial charge is 0.370 e. The average Bonchev–Trinajstić information content (AvgIpc) is 3.01. The van der Waals surface area contributed by atoms with Gasteiger partial charge in [-0.3, -0.25) is 0 Å². The highest BCUT2D eigenvalue weighted by Gasteiger charge is 2.40. The van der Waals surface area contributed by atoms with Crippen molar-refractivity contribution in [3.8, 4) is 36.4 Å². The predicted octanol–water partition coefficient (Wildman–Crippen LogP) is 3.26. The van der Waals surface area contributed by atoms with Crippen molar-refractivity contribution >= 4 is 29.3 Å². The number of rotatable bonds is 6. The van der Waals surface area contributed by atoms with Crippen LogP contribution in [0.4, 0.5) is 0 Å². The third-order valence-electron chi connectivity index (χ3n) is 5.88. The van der Waals surface area contributed by atoms with Crippen molar-refractivity contribution in [2.45, 2.75) is 12.1 Å². The highest BCUT2D eigenvalue weighted by molar-refractivity contribution is 6.17. The lowest BCUT2D eigenvalue weighted by Gasteiger charge is -2.37. The lowest BCUT2D eigenvalue weighted by Crippen LogP contribution is -2.46. The minimum Gasteiger partial charge on any atom is -0.370 e. The van der Waals surface area contributed by atoms with Crippen LogP contribution in [0.3, 0.4) is 0 Å². The van der Waals surface area contributed by atoms with Gasteiger partial charge in [-0.15, -0.1) is 0 Å². The van der Waals surface area contributed by atoms with Gasteiger partial charge in [0.15, 0.2) is 0 Å². The van der Waals surface area contributed by atoms with E-state index in [2.05, 4.69) is 10.6 Å². The first-order chi connectivity index (χ1) is 20.6. The van der Waals surface area contributed by atoms with Crippen LogP contribution in [0.15, 0.2) is 87.8 Å². The first kappa shape index (κ1) is 27.9. The third kappa shape index (κ3) is 5.65. The fourth-order valence-electron chi connectivity index (χ4n) is 4.24. The molecule has 2 atom stereocenters. The first-order valence-electron chi connectivity index (χ1n) is 12.1. The molecule has 2 N–H and O–H groups in total. The molecule has 42 heavy (non-hydrogen) atoms. The fourth-order valence-corrected chi connectivity index (χ4v) is 4.24. The molecule has 0 amide bonds. The minimum absolute atomic E-state index is 0.304. The lowest BCUT2D eigenvalue weighted by atomic mass is 9.89. The Bertz CT molecular complexity index is 1900. The van der Waals surface area contributed by atoms with Crippen LogP contribution in [-0.2, 0) is 0 Å². The summed E-state index contributed by atoms with van der Waals surface area (Å²) in [5.74, 6) is 0. The highest BCUT2D eigenvalue weighted by Crippen LogP contribution is 2.39. The maximum atomic E-state index is 9.15. The van der Waals surface area contributed by atoms with E-state index in [-0.39, 0.29) is 0 Å². The summed E-state index contributed by atoms with van der Waals surface area (Å²) in [6, 6.07) is 10.3. The molecule has 0 saturated heterocycles. The third-order valence-corrected chi connectivity index (χ3v) is 5.88. The zero-order chi connectivity index (χ0) is 29.9. The Kier molecular flexibility index (Phi) is 8.70.